The fourth-order valence-corrected chi connectivity index (χ4v) is 12.1. The van der Waals surface area contributed by atoms with Crippen molar-refractivity contribution in [2.24, 2.45) is 0 Å². The Morgan fingerprint density at radius 2 is 0.581 bits per heavy atom. The van der Waals surface area contributed by atoms with Crippen molar-refractivity contribution in [1.82, 2.24) is 5.32 Å². The molecule has 506 valence electrons. The van der Waals surface area contributed by atoms with Crippen molar-refractivity contribution >= 4 is 11.9 Å². The van der Waals surface area contributed by atoms with Crippen LogP contribution >= 0.6 is 0 Å². The monoisotopic (exact) mass is 1210 g/mol. The minimum absolute atomic E-state index is 0.00313. The number of hydrogen-bond donors (Lipinski definition) is 3. The van der Waals surface area contributed by atoms with E-state index in [9.17, 15) is 19.8 Å². The highest BCUT2D eigenvalue weighted by Crippen LogP contribution is 2.19. The van der Waals surface area contributed by atoms with Crippen LogP contribution in [0.2, 0.25) is 0 Å². The topological polar surface area (TPSA) is 95.9 Å². The predicted octanol–water partition coefficient (Wildman–Crippen LogP) is 25.6. The molecule has 3 N–H and O–H groups in total. The maximum Gasteiger partial charge on any atom is 0.305 e. The Morgan fingerprint density at radius 3 is 0.907 bits per heavy atom. The van der Waals surface area contributed by atoms with Gasteiger partial charge in [-0.25, -0.2) is 0 Å². The minimum Gasteiger partial charge on any atom is -0.466 e. The number of allylic oxidation sites excluding steroid dienone is 7. The van der Waals surface area contributed by atoms with E-state index in [0.717, 1.165) is 51.4 Å². The Kier molecular flexibility index (Phi) is 73.4. The van der Waals surface area contributed by atoms with Gasteiger partial charge in [0.05, 0.1) is 25.4 Å². The lowest BCUT2D eigenvalue weighted by atomic mass is 10.0. The number of aliphatic hydroxyl groups is 2. The lowest BCUT2D eigenvalue weighted by molar-refractivity contribution is -0.143. The third-order valence-electron chi connectivity index (χ3n) is 18.1. The first-order valence-corrected chi connectivity index (χ1v) is 38.9. The summed E-state index contributed by atoms with van der Waals surface area (Å²) in [5, 5.41) is 23.3. The number of carbonyl (C=O) groups excluding carboxylic acids is 2. The molecule has 0 bridgehead atoms. The van der Waals surface area contributed by atoms with E-state index in [2.05, 4.69) is 55.6 Å². The van der Waals surface area contributed by atoms with Gasteiger partial charge in [0.15, 0.2) is 0 Å². The fourth-order valence-electron chi connectivity index (χ4n) is 12.1. The van der Waals surface area contributed by atoms with E-state index in [1.807, 2.05) is 6.08 Å². The summed E-state index contributed by atoms with van der Waals surface area (Å²) in [5.74, 6) is -0.0598. The van der Waals surface area contributed by atoms with Crippen molar-refractivity contribution in [3.63, 3.8) is 0 Å². The number of esters is 1. The van der Waals surface area contributed by atoms with E-state index < -0.39 is 12.1 Å². The van der Waals surface area contributed by atoms with Crippen LogP contribution in [0.15, 0.2) is 48.6 Å². The highest BCUT2D eigenvalue weighted by molar-refractivity contribution is 5.76. The summed E-state index contributed by atoms with van der Waals surface area (Å²) in [7, 11) is 0. The van der Waals surface area contributed by atoms with Gasteiger partial charge >= 0.3 is 5.97 Å². The lowest BCUT2D eigenvalue weighted by Crippen LogP contribution is -2.45. The quantitative estimate of drug-likeness (QED) is 0.0320. The van der Waals surface area contributed by atoms with Crippen LogP contribution < -0.4 is 5.32 Å². The van der Waals surface area contributed by atoms with Gasteiger partial charge < -0.3 is 20.3 Å². The summed E-state index contributed by atoms with van der Waals surface area (Å²) in [5.41, 5.74) is 0. The first-order valence-electron chi connectivity index (χ1n) is 38.9. The highest BCUT2D eigenvalue weighted by Gasteiger charge is 2.18. The average Bonchev–Trinajstić information content (AvgIpc) is 3.53. The molecular weight excluding hydrogens is 1050 g/mol. The van der Waals surface area contributed by atoms with Gasteiger partial charge in [-0.1, -0.05) is 371 Å². The van der Waals surface area contributed by atoms with Crippen molar-refractivity contribution in [3.8, 4) is 0 Å². The van der Waals surface area contributed by atoms with Crippen molar-refractivity contribution in [3.05, 3.63) is 48.6 Å². The van der Waals surface area contributed by atoms with E-state index in [1.54, 1.807) is 6.08 Å². The molecule has 0 rings (SSSR count). The zero-order valence-corrected chi connectivity index (χ0v) is 58.1. The summed E-state index contributed by atoms with van der Waals surface area (Å²) in [6.07, 6.45) is 99.3. The predicted molar refractivity (Wildman–Crippen MR) is 379 cm³/mol. The summed E-state index contributed by atoms with van der Waals surface area (Å²) < 4.78 is 5.49. The number of aliphatic hydroxyl groups excluding tert-OH is 2. The average molecular weight is 1210 g/mol. The minimum atomic E-state index is -0.846. The van der Waals surface area contributed by atoms with Crippen molar-refractivity contribution < 1.29 is 24.5 Å². The maximum atomic E-state index is 12.6. The van der Waals surface area contributed by atoms with Gasteiger partial charge in [-0.15, -0.1) is 0 Å². The van der Waals surface area contributed by atoms with Crippen LogP contribution in [0.1, 0.15) is 425 Å². The van der Waals surface area contributed by atoms with Gasteiger partial charge in [-0.05, 0) is 89.9 Å². The molecule has 0 fully saturated rings. The summed E-state index contributed by atoms with van der Waals surface area (Å²) >= 11 is 0. The maximum absolute atomic E-state index is 12.6. The number of unbranched alkanes of at least 4 members (excludes halogenated alkanes) is 56. The van der Waals surface area contributed by atoms with Crippen LogP contribution in [0, 0.1) is 0 Å². The standard InChI is InChI=1S/C80H151NO5/c1-3-5-7-9-11-13-15-17-19-21-22-23-24-32-35-38-41-44-48-52-56-60-64-68-72-78(83)77(76-82)81-79(84)73-69-65-61-57-53-49-45-42-39-36-33-30-28-26-25-27-29-31-34-37-40-43-47-51-55-59-63-67-71-75-86-80(85)74-70-66-62-58-54-50-46-20-18-16-14-12-10-8-6-4-2/h14,16,20,25,27,46,68,72,77-78,82-83H,3-13,15,17-19,21-24,26,28-45,47-67,69-71,73-76H2,1-2H3,(H,81,84)/b16-14-,27-25-,46-20-,72-68+. The Bertz CT molecular complexity index is 1440. The summed E-state index contributed by atoms with van der Waals surface area (Å²) in [4.78, 5) is 24.6. The molecular formula is C80H151NO5. The van der Waals surface area contributed by atoms with E-state index >= 15 is 0 Å². The van der Waals surface area contributed by atoms with Crippen molar-refractivity contribution in [2.45, 2.75) is 437 Å². The molecule has 6 heteroatoms. The lowest BCUT2D eigenvalue weighted by Gasteiger charge is -2.20. The first-order chi connectivity index (χ1) is 42.5. The number of ether oxygens (including phenoxy) is 1. The second-order valence-corrected chi connectivity index (χ2v) is 26.7. The normalized spacial score (nSPS) is 12.7. The summed E-state index contributed by atoms with van der Waals surface area (Å²) in [6.45, 7) is 4.92. The molecule has 0 radical (unpaired) electrons. The molecule has 2 atom stereocenters. The molecule has 86 heavy (non-hydrogen) atoms. The first kappa shape index (κ1) is 83.8. The van der Waals surface area contributed by atoms with Crippen molar-refractivity contribution in [1.29, 1.82) is 0 Å². The largest absolute Gasteiger partial charge is 0.466 e. The van der Waals surface area contributed by atoms with Gasteiger partial charge in [0, 0.05) is 12.8 Å². The molecule has 0 spiro atoms. The Balaban J connectivity index is 3.40. The molecule has 0 aromatic rings. The molecule has 0 aliphatic heterocycles. The van der Waals surface area contributed by atoms with Gasteiger partial charge in [0.1, 0.15) is 0 Å². The van der Waals surface area contributed by atoms with E-state index in [1.165, 1.54) is 347 Å². The van der Waals surface area contributed by atoms with Gasteiger partial charge in [0.2, 0.25) is 5.91 Å². The molecule has 0 aromatic heterocycles. The Morgan fingerprint density at radius 1 is 0.326 bits per heavy atom. The molecule has 0 aliphatic carbocycles. The summed E-state index contributed by atoms with van der Waals surface area (Å²) in [6, 6.07) is -0.630. The van der Waals surface area contributed by atoms with Crippen LogP contribution in [0.4, 0.5) is 0 Å². The zero-order chi connectivity index (χ0) is 62.0. The van der Waals surface area contributed by atoms with E-state index in [-0.39, 0.29) is 18.5 Å². The van der Waals surface area contributed by atoms with Gasteiger partial charge in [-0.2, -0.15) is 0 Å². The van der Waals surface area contributed by atoms with Crippen LogP contribution in [0.25, 0.3) is 0 Å². The molecule has 0 saturated carbocycles. The third kappa shape index (κ3) is 70.9. The molecule has 6 nitrogen and oxygen atoms in total. The van der Waals surface area contributed by atoms with Crippen LogP contribution in [0.3, 0.4) is 0 Å². The molecule has 0 aromatic carbocycles. The van der Waals surface area contributed by atoms with Crippen LogP contribution in [0.5, 0.6) is 0 Å². The second kappa shape index (κ2) is 75.3. The molecule has 0 aliphatic rings. The number of rotatable bonds is 73. The number of nitrogens with one attached hydrogen (secondary N) is 1. The zero-order valence-electron chi connectivity index (χ0n) is 58.1. The third-order valence-corrected chi connectivity index (χ3v) is 18.1. The van der Waals surface area contributed by atoms with E-state index in [4.69, 9.17) is 4.74 Å². The van der Waals surface area contributed by atoms with Crippen molar-refractivity contribution in [2.75, 3.05) is 13.2 Å². The fraction of sp³-hybridized carbons (Fsp3) is 0.875. The van der Waals surface area contributed by atoms with Gasteiger partial charge in [-0.3, -0.25) is 9.59 Å². The molecule has 1 amide bonds. The molecule has 0 heterocycles. The highest BCUT2D eigenvalue weighted by atomic mass is 16.5. The smallest absolute Gasteiger partial charge is 0.305 e. The number of hydrogen-bond acceptors (Lipinski definition) is 5. The number of carbonyl (C=O) groups is 2. The number of amides is 1. The van der Waals surface area contributed by atoms with Crippen LogP contribution in [-0.4, -0.2) is 47.4 Å². The Hall–Kier alpha value is -2.18. The molecule has 0 saturated heterocycles. The van der Waals surface area contributed by atoms with Gasteiger partial charge in [0.25, 0.3) is 0 Å². The molecule has 2 unspecified atom stereocenters. The SMILES string of the molecule is CCCCCC/C=C\C/C=C\CCCCCCCC(=O)OCCCCCCCCCCCCCC/C=C\CCCCCCCCCCCCCCCC(=O)NC(CO)C(O)/C=C/CCCCCCCCCCCCCCCCCCCCCCCC. The second-order valence-electron chi connectivity index (χ2n) is 26.7. The van der Waals surface area contributed by atoms with Crippen LogP contribution in [-0.2, 0) is 14.3 Å². The van der Waals surface area contributed by atoms with E-state index in [0.29, 0.717) is 19.4 Å². The Labute approximate surface area is 537 Å².